The lowest BCUT2D eigenvalue weighted by Crippen LogP contribution is -2.22. The van der Waals surface area contributed by atoms with Crippen LogP contribution < -0.4 is 4.74 Å². The number of allylic oxidation sites excluding steroid dienone is 1. The number of benzene rings is 1. The molecule has 0 unspecified atom stereocenters. The molecule has 0 aliphatic carbocycles. The van der Waals surface area contributed by atoms with Gasteiger partial charge in [0.2, 0.25) is 0 Å². The Balaban J connectivity index is 2.41. The average Bonchev–Trinajstić information content (AvgIpc) is 2.71. The van der Waals surface area contributed by atoms with Gasteiger partial charge < -0.3 is 9.84 Å². The second-order valence-corrected chi connectivity index (χ2v) is 6.20. The predicted molar refractivity (Wildman–Crippen MR) is 71.7 cm³/mol. The predicted octanol–water partition coefficient (Wildman–Crippen LogP) is 3.23. The molecule has 0 bridgehead atoms. The number of nitriles is 1. The summed E-state index contributed by atoms with van der Waals surface area (Å²) in [6.07, 6.45) is 0. The number of fused-ring (bicyclic) bond motifs is 1. The van der Waals surface area contributed by atoms with Gasteiger partial charge in [-0.1, -0.05) is 20.8 Å². The van der Waals surface area contributed by atoms with Crippen LogP contribution in [0.4, 0.5) is 0 Å². The summed E-state index contributed by atoms with van der Waals surface area (Å²) in [5.74, 6) is 0.415. The summed E-state index contributed by atoms with van der Waals surface area (Å²) in [7, 11) is 0. The van der Waals surface area contributed by atoms with Crippen molar-refractivity contribution in [2.24, 2.45) is 5.41 Å². The number of carbonyl (C=O) groups is 1. The first-order valence-electron chi connectivity index (χ1n) is 5.71. The van der Waals surface area contributed by atoms with Crippen LogP contribution in [0.5, 0.6) is 11.5 Å². The molecule has 1 N–H and O–H groups in total. The number of aromatic hydroxyl groups is 1. The van der Waals surface area contributed by atoms with Crippen LogP contribution in [0, 0.1) is 16.7 Å². The van der Waals surface area contributed by atoms with Crippen LogP contribution in [0.3, 0.4) is 0 Å². The van der Waals surface area contributed by atoms with Crippen LogP contribution in [0.1, 0.15) is 20.8 Å². The summed E-state index contributed by atoms with van der Waals surface area (Å²) in [6, 6.07) is 6.58. The molecular weight excluding hydrogens is 262 g/mol. The lowest BCUT2D eigenvalue weighted by atomic mass is 9.87. The van der Waals surface area contributed by atoms with Crippen molar-refractivity contribution in [2.75, 3.05) is 0 Å². The van der Waals surface area contributed by atoms with E-state index in [9.17, 15) is 15.2 Å². The Morgan fingerprint density at radius 1 is 1.42 bits per heavy atom. The van der Waals surface area contributed by atoms with Crippen LogP contribution in [-0.4, -0.2) is 10.9 Å². The zero-order chi connectivity index (χ0) is 14.2. The van der Waals surface area contributed by atoms with E-state index in [1.165, 1.54) is 17.8 Å². The molecule has 0 spiro atoms. The molecule has 0 amide bonds. The Kier molecular flexibility index (Phi) is 3.29. The molecule has 0 fully saturated rings. The summed E-state index contributed by atoms with van der Waals surface area (Å²) in [5, 5.41) is 18.9. The molecule has 1 aliphatic heterocycles. The van der Waals surface area contributed by atoms with Crippen molar-refractivity contribution in [3.8, 4) is 17.6 Å². The van der Waals surface area contributed by atoms with E-state index in [4.69, 9.17) is 4.74 Å². The quantitative estimate of drug-likeness (QED) is 0.629. The lowest BCUT2D eigenvalue weighted by Gasteiger charge is -2.16. The van der Waals surface area contributed by atoms with Gasteiger partial charge in [0.15, 0.2) is 10.9 Å². The number of thioether (sulfide) groups is 1. The van der Waals surface area contributed by atoms with Gasteiger partial charge in [0.25, 0.3) is 0 Å². The Morgan fingerprint density at radius 3 is 2.68 bits per heavy atom. The van der Waals surface area contributed by atoms with Gasteiger partial charge in [0, 0.05) is 5.41 Å². The third kappa shape index (κ3) is 2.59. The average molecular weight is 275 g/mol. The van der Waals surface area contributed by atoms with E-state index < -0.39 is 5.41 Å². The number of rotatable bonds is 1. The van der Waals surface area contributed by atoms with Gasteiger partial charge in [-0.15, -0.1) is 0 Å². The fraction of sp³-hybridized carbons (Fsp3) is 0.286. The van der Waals surface area contributed by atoms with E-state index in [2.05, 4.69) is 0 Å². The van der Waals surface area contributed by atoms with E-state index >= 15 is 0 Å². The van der Waals surface area contributed by atoms with Crippen LogP contribution in [0.2, 0.25) is 0 Å². The van der Waals surface area contributed by atoms with Crippen LogP contribution in [0.15, 0.2) is 33.8 Å². The fourth-order valence-electron chi connectivity index (χ4n) is 1.55. The topological polar surface area (TPSA) is 70.3 Å². The normalized spacial score (nSPS) is 16.3. The molecule has 0 saturated heterocycles. The highest BCUT2D eigenvalue weighted by Gasteiger charge is 2.32. The lowest BCUT2D eigenvalue weighted by molar-refractivity contribution is -0.122. The summed E-state index contributed by atoms with van der Waals surface area (Å²) in [4.78, 5) is 12.9. The highest BCUT2D eigenvalue weighted by Crippen LogP contribution is 2.46. The van der Waals surface area contributed by atoms with Crippen molar-refractivity contribution in [3.63, 3.8) is 0 Å². The second-order valence-electron chi connectivity index (χ2n) is 5.19. The first kappa shape index (κ1) is 13.5. The minimum Gasteiger partial charge on any atom is -0.508 e. The van der Waals surface area contributed by atoms with Gasteiger partial charge in [-0.05, 0) is 30.0 Å². The molecular formula is C14H13NO3S. The van der Waals surface area contributed by atoms with Gasteiger partial charge in [0.1, 0.15) is 23.1 Å². The molecule has 0 atom stereocenters. The number of Topliss-reactive ketones (excluding diaryl/α,β-unsaturated/α-hetero) is 1. The van der Waals surface area contributed by atoms with Crippen molar-refractivity contribution in [2.45, 2.75) is 25.7 Å². The Hall–Kier alpha value is -1.93. The minimum atomic E-state index is -0.640. The molecule has 1 heterocycles. The van der Waals surface area contributed by atoms with E-state index in [-0.39, 0.29) is 22.2 Å². The van der Waals surface area contributed by atoms with E-state index in [0.717, 1.165) is 0 Å². The van der Waals surface area contributed by atoms with Crippen molar-refractivity contribution in [1.82, 2.24) is 0 Å². The van der Waals surface area contributed by atoms with Crippen molar-refractivity contribution in [3.05, 3.63) is 28.9 Å². The minimum absolute atomic E-state index is 0.0215. The fourth-order valence-corrected chi connectivity index (χ4v) is 2.51. The molecule has 4 nitrogen and oxygen atoms in total. The summed E-state index contributed by atoms with van der Waals surface area (Å²) < 4.78 is 5.52. The van der Waals surface area contributed by atoms with Gasteiger partial charge in [-0.3, -0.25) is 4.79 Å². The standard InChI is InChI=1S/C14H13NO3S/c1-14(2,3)12(17)9(7-15)13-18-10-5-4-8(16)6-11(10)19-13/h4-6,16H,1-3H3. The van der Waals surface area contributed by atoms with E-state index in [1.807, 2.05) is 6.07 Å². The number of hydrogen-bond donors (Lipinski definition) is 1. The molecule has 1 aromatic rings. The maximum absolute atomic E-state index is 12.2. The maximum Gasteiger partial charge on any atom is 0.187 e. The first-order chi connectivity index (χ1) is 8.82. The summed E-state index contributed by atoms with van der Waals surface area (Å²) in [6.45, 7) is 5.27. The van der Waals surface area contributed by atoms with E-state index in [0.29, 0.717) is 10.6 Å². The summed E-state index contributed by atoms with van der Waals surface area (Å²) in [5.41, 5.74) is -0.619. The maximum atomic E-state index is 12.2. The zero-order valence-corrected chi connectivity index (χ0v) is 11.7. The smallest absolute Gasteiger partial charge is 0.187 e. The molecule has 1 aliphatic rings. The Morgan fingerprint density at radius 2 is 2.11 bits per heavy atom. The second kappa shape index (κ2) is 4.63. The number of ether oxygens (including phenoxy) is 1. The summed E-state index contributed by atoms with van der Waals surface area (Å²) >= 11 is 1.18. The van der Waals surface area contributed by atoms with Crippen LogP contribution in [0.25, 0.3) is 0 Å². The molecule has 1 aromatic carbocycles. The monoisotopic (exact) mass is 275 g/mol. The van der Waals surface area contributed by atoms with Gasteiger partial charge in [-0.25, -0.2) is 0 Å². The third-order valence-corrected chi connectivity index (χ3v) is 3.57. The number of nitrogens with zero attached hydrogens (tertiary/aromatic N) is 1. The number of carbonyl (C=O) groups excluding carboxylic acids is 1. The third-order valence-electron chi connectivity index (χ3n) is 2.56. The van der Waals surface area contributed by atoms with Crippen LogP contribution >= 0.6 is 11.8 Å². The van der Waals surface area contributed by atoms with E-state index in [1.54, 1.807) is 32.9 Å². The van der Waals surface area contributed by atoms with Crippen molar-refractivity contribution in [1.29, 1.82) is 5.26 Å². The van der Waals surface area contributed by atoms with Crippen LogP contribution in [-0.2, 0) is 4.79 Å². The highest BCUT2D eigenvalue weighted by molar-refractivity contribution is 8.03. The highest BCUT2D eigenvalue weighted by atomic mass is 32.2. The van der Waals surface area contributed by atoms with Gasteiger partial charge in [-0.2, -0.15) is 5.26 Å². The number of phenolic OH excluding ortho intramolecular Hbond substituents is 1. The zero-order valence-electron chi connectivity index (χ0n) is 10.9. The Bertz CT molecular complexity index is 621. The number of hydrogen-bond acceptors (Lipinski definition) is 5. The molecule has 98 valence electrons. The SMILES string of the molecule is CC(C)(C)C(=O)C(C#N)=C1Oc2ccc(O)cc2S1. The molecule has 5 heteroatoms. The van der Waals surface area contributed by atoms with Gasteiger partial charge in [0.05, 0.1) is 4.90 Å². The van der Waals surface area contributed by atoms with Gasteiger partial charge >= 0.3 is 0 Å². The molecule has 19 heavy (non-hydrogen) atoms. The molecule has 0 radical (unpaired) electrons. The number of phenols is 1. The largest absolute Gasteiger partial charge is 0.508 e. The first-order valence-corrected chi connectivity index (χ1v) is 6.52. The van der Waals surface area contributed by atoms with Crippen molar-refractivity contribution >= 4 is 17.5 Å². The number of ketones is 1. The Labute approximate surface area is 115 Å². The molecule has 0 saturated carbocycles. The molecule has 0 aromatic heterocycles. The molecule has 2 rings (SSSR count). The van der Waals surface area contributed by atoms with Crippen molar-refractivity contribution < 1.29 is 14.6 Å².